The monoisotopic (exact) mass is 239 g/mol. The van der Waals surface area contributed by atoms with Gasteiger partial charge < -0.3 is 0 Å². The molecule has 84 valence electrons. The lowest BCUT2D eigenvalue weighted by Crippen LogP contribution is -2.15. The van der Waals surface area contributed by atoms with Crippen LogP contribution < -0.4 is 5.14 Å². The van der Waals surface area contributed by atoms with Crippen LogP contribution in [0.2, 0.25) is 0 Å². The van der Waals surface area contributed by atoms with Crippen molar-refractivity contribution in [2.75, 3.05) is 0 Å². The van der Waals surface area contributed by atoms with Gasteiger partial charge in [0, 0.05) is 11.1 Å². The van der Waals surface area contributed by atoms with E-state index in [9.17, 15) is 21.6 Å². The number of nitrogens with two attached hydrogens (primary N) is 1. The minimum atomic E-state index is -3.86. The summed E-state index contributed by atoms with van der Waals surface area (Å²) in [6.07, 6.45) is -2.79. The molecule has 1 aromatic rings. The van der Waals surface area contributed by atoms with Gasteiger partial charge in [0.1, 0.15) is 5.82 Å². The molecular weight excluding hydrogens is 231 g/mol. The Hall–Kier alpha value is -1.08. The van der Waals surface area contributed by atoms with Crippen molar-refractivity contribution in [1.82, 2.24) is 0 Å². The van der Waals surface area contributed by atoms with Crippen LogP contribution in [0.3, 0.4) is 0 Å². The molecule has 1 rings (SSSR count). The van der Waals surface area contributed by atoms with Crippen LogP contribution in [0.4, 0.5) is 13.2 Å². The molecule has 0 saturated heterocycles. The molecule has 0 amide bonds. The number of alkyl halides is 2. The molecular formula is C8H8F3NO2S. The SMILES string of the molecule is NS(=O)(=O)Cc1ccc(C(F)F)cc1F. The zero-order valence-corrected chi connectivity index (χ0v) is 8.27. The van der Waals surface area contributed by atoms with Crippen molar-refractivity contribution in [3.63, 3.8) is 0 Å². The lowest BCUT2D eigenvalue weighted by Gasteiger charge is -2.04. The van der Waals surface area contributed by atoms with Crippen LogP contribution in [0.1, 0.15) is 17.6 Å². The number of hydrogen-bond donors (Lipinski definition) is 1. The van der Waals surface area contributed by atoms with Crippen molar-refractivity contribution in [2.45, 2.75) is 12.2 Å². The number of primary sulfonamides is 1. The molecule has 0 atom stereocenters. The fourth-order valence-corrected chi connectivity index (χ4v) is 1.70. The van der Waals surface area contributed by atoms with Crippen molar-refractivity contribution < 1.29 is 21.6 Å². The van der Waals surface area contributed by atoms with Gasteiger partial charge in [-0.05, 0) is 6.07 Å². The average molecular weight is 239 g/mol. The molecule has 0 aliphatic heterocycles. The third kappa shape index (κ3) is 3.52. The topological polar surface area (TPSA) is 60.2 Å². The van der Waals surface area contributed by atoms with Crippen molar-refractivity contribution in [3.05, 3.63) is 35.1 Å². The van der Waals surface area contributed by atoms with E-state index in [4.69, 9.17) is 5.14 Å². The maximum absolute atomic E-state index is 13.1. The average Bonchev–Trinajstić information content (AvgIpc) is 2.05. The lowest BCUT2D eigenvalue weighted by molar-refractivity contribution is 0.151. The van der Waals surface area contributed by atoms with Crippen LogP contribution in [0.25, 0.3) is 0 Å². The molecule has 0 heterocycles. The van der Waals surface area contributed by atoms with E-state index < -0.39 is 33.6 Å². The van der Waals surface area contributed by atoms with Gasteiger partial charge in [0.2, 0.25) is 10.0 Å². The van der Waals surface area contributed by atoms with Gasteiger partial charge in [0.15, 0.2) is 0 Å². The van der Waals surface area contributed by atoms with E-state index in [0.29, 0.717) is 6.07 Å². The van der Waals surface area contributed by atoms with E-state index in [-0.39, 0.29) is 5.56 Å². The fourth-order valence-electron chi connectivity index (χ4n) is 1.03. The number of sulfonamides is 1. The highest BCUT2D eigenvalue weighted by atomic mass is 32.2. The number of rotatable bonds is 3. The third-order valence-electron chi connectivity index (χ3n) is 1.69. The van der Waals surface area contributed by atoms with E-state index >= 15 is 0 Å². The van der Waals surface area contributed by atoms with Crippen LogP contribution in [0, 0.1) is 5.82 Å². The summed E-state index contributed by atoms with van der Waals surface area (Å²) in [6, 6.07) is 2.56. The van der Waals surface area contributed by atoms with Crippen LogP contribution in [0.5, 0.6) is 0 Å². The van der Waals surface area contributed by atoms with Crippen LogP contribution in [0.15, 0.2) is 18.2 Å². The predicted octanol–water partition coefficient (Wildman–Crippen LogP) is 1.55. The van der Waals surface area contributed by atoms with E-state index in [1.807, 2.05) is 0 Å². The molecule has 0 saturated carbocycles. The maximum atomic E-state index is 13.1. The first kappa shape index (κ1) is 12.0. The van der Waals surface area contributed by atoms with E-state index in [0.717, 1.165) is 12.1 Å². The van der Waals surface area contributed by atoms with Gasteiger partial charge >= 0.3 is 0 Å². The number of halogens is 3. The summed E-state index contributed by atoms with van der Waals surface area (Å²) in [5.41, 5.74) is -0.715. The van der Waals surface area contributed by atoms with Gasteiger partial charge in [0.25, 0.3) is 6.43 Å². The zero-order valence-electron chi connectivity index (χ0n) is 7.45. The van der Waals surface area contributed by atoms with Gasteiger partial charge in [0.05, 0.1) is 5.75 Å². The molecule has 1 aromatic carbocycles. The minimum absolute atomic E-state index is 0.220. The lowest BCUT2D eigenvalue weighted by atomic mass is 10.1. The van der Waals surface area contributed by atoms with Gasteiger partial charge in [-0.25, -0.2) is 26.7 Å². The molecule has 7 heteroatoms. The van der Waals surface area contributed by atoms with Crippen molar-refractivity contribution in [3.8, 4) is 0 Å². The highest BCUT2D eigenvalue weighted by Crippen LogP contribution is 2.21. The van der Waals surface area contributed by atoms with Crippen LogP contribution in [-0.2, 0) is 15.8 Å². The Bertz CT molecular complexity index is 459. The number of hydrogen-bond acceptors (Lipinski definition) is 2. The van der Waals surface area contributed by atoms with Crippen LogP contribution >= 0.6 is 0 Å². The Morgan fingerprint density at radius 3 is 2.33 bits per heavy atom. The van der Waals surface area contributed by atoms with Gasteiger partial charge in [-0.3, -0.25) is 0 Å². The zero-order chi connectivity index (χ0) is 11.6. The normalized spacial score (nSPS) is 12.1. The summed E-state index contributed by atoms with van der Waals surface area (Å²) >= 11 is 0. The molecule has 2 N–H and O–H groups in total. The summed E-state index contributed by atoms with van der Waals surface area (Å²) < 4.78 is 58.6. The Balaban J connectivity index is 3.04. The Morgan fingerprint density at radius 2 is 1.93 bits per heavy atom. The largest absolute Gasteiger partial charge is 0.263 e. The molecule has 0 fully saturated rings. The second-order valence-electron chi connectivity index (χ2n) is 2.96. The Morgan fingerprint density at radius 1 is 1.33 bits per heavy atom. The molecule has 0 bridgehead atoms. The Kier molecular flexibility index (Phi) is 3.35. The standard InChI is InChI=1S/C8H8F3NO2S/c9-7-3-5(8(10)11)1-2-6(7)4-15(12,13)14/h1-3,8H,4H2,(H2,12,13,14). The first-order valence-corrected chi connectivity index (χ1v) is 5.58. The molecule has 0 spiro atoms. The third-order valence-corrected chi connectivity index (χ3v) is 2.40. The molecule has 3 nitrogen and oxygen atoms in total. The predicted molar refractivity (Wildman–Crippen MR) is 48.2 cm³/mol. The van der Waals surface area contributed by atoms with Crippen molar-refractivity contribution >= 4 is 10.0 Å². The van der Waals surface area contributed by atoms with Gasteiger partial charge in [-0.1, -0.05) is 12.1 Å². The molecule has 0 radical (unpaired) electrons. The summed E-state index contributed by atoms with van der Waals surface area (Å²) in [7, 11) is -3.86. The highest BCUT2D eigenvalue weighted by Gasteiger charge is 2.13. The smallest absolute Gasteiger partial charge is 0.228 e. The highest BCUT2D eigenvalue weighted by molar-refractivity contribution is 7.88. The summed E-state index contributed by atoms with van der Waals surface area (Å²) in [5.74, 6) is -1.70. The van der Waals surface area contributed by atoms with E-state index in [2.05, 4.69) is 0 Å². The van der Waals surface area contributed by atoms with Gasteiger partial charge in [-0.15, -0.1) is 0 Å². The van der Waals surface area contributed by atoms with Crippen molar-refractivity contribution in [1.29, 1.82) is 0 Å². The fraction of sp³-hybridized carbons (Fsp3) is 0.250. The summed E-state index contributed by atoms with van der Waals surface area (Å²) in [5, 5.41) is 4.69. The molecule has 0 aromatic heterocycles. The quantitative estimate of drug-likeness (QED) is 0.869. The van der Waals surface area contributed by atoms with E-state index in [1.165, 1.54) is 0 Å². The Labute approximate surface area is 84.8 Å². The first-order valence-electron chi connectivity index (χ1n) is 3.86. The minimum Gasteiger partial charge on any atom is -0.228 e. The molecule has 0 unspecified atom stereocenters. The molecule has 15 heavy (non-hydrogen) atoms. The van der Waals surface area contributed by atoms with E-state index in [1.54, 1.807) is 0 Å². The molecule has 0 aliphatic carbocycles. The summed E-state index contributed by atoms with van der Waals surface area (Å²) in [6.45, 7) is 0. The maximum Gasteiger partial charge on any atom is 0.263 e. The van der Waals surface area contributed by atoms with Crippen LogP contribution in [-0.4, -0.2) is 8.42 Å². The summed E-state index contributed by atoms with van der Waals surface area (Å²) in [4.78, 5) is 0. The van der Waals surface area contributed by atoms with Gasteiger partial charge in [-0.2, -0.15) is 0 Å². The van der Waals surface area contributed by atoms with Crippen molar-refractivity contribution in [2.24, 2.45) is 5.14 Å². The number of benzene rings is 1. The first-order chi connectivity index (χ1) is 6.79. The second-order valence-corrected chi connectivity index (χ2v) is 4.57. The molecule has 0 aliphatic rings. The second kappa shape index (κ2) is 4.19.